The third-order valence-corrected chi connectivity index (χ3v) is 8.18. The van der Waals surface area contributed by atoms with Gasteiger partial charge in [-0.15, -0.1) is 0 Å². The van der Waals surface area contributed by atoms with Gasteiger partial charge in [-0.05, 0) is 26.0 Å². The molecule has 5 heterocycles. The van der Waals surface area contributed by atoms with Crippen molar-refractivity contribution in [1.29, 1.82) is 5.26 Å². The predicted octanol–water partition coefficient (Wildman–Crippen LogP) is 1.18. The quantitative estimate of drug-likeness (QED) is 0.464. The van der Waals surface area contributed by atoms with Crippen molar-refractivity contribution < 1.29 is 12.2 Å². The Morgan fingerprint density at radius 3 is 2.56 bits per heavy atom. The lowest BCUT2D eigenvalue weighted by Crippen LogP contribution is -2.54. The number of nitrogens with zero attached hydrogens (tertiary/aromatic N) is 9. The molecule has 12 heteroatoms. The molecule has 2 N–H and O–H groups in total. The second-order valence-electron chi connectivity index (χ2n) is 11.2. The smallest absolute Gasteiger partial charge is 0.227 e. The van der Waals surface area contributed by atoms with E-state index in [1.165, 1.54) is 0 Å². The number of anilines is 3. The molecule has 0 unspecified atom stereocenters. The summed E-state index contributed by atoms with van der Waals surface area (Å²) in [5, 5.41) is 9.57. The van der Waals surface area contributed by atoms with Gasteiger partial charge in [-0.1, -0.05) is 0 Å². The molecule has 0 radical (unpaired) electrons. The van der Waals surface area contributed by atoms with E-state index in [0.29, 0.717) is 36.2 Å². The van der Waals surface area contributed by atoms with E-state index in [2.05, 4.69) is 42.6 Å². The van der Waals surface area contributed by atoms with E-state index in [-0.39, 0.29) is 36.7 Å². The van der Waals surface area contributed by atoms with Gasteiger partial charge in [-0.25, -0.2) is 4.98 Å². The van der Waals surface area contributed by atoms with Crippen molar-refractivity contribution in [3.8, 4) is 6.07 Å². The normalized spacial score (nSPS) is 26.3. The van der Waals surface area contributed by atoms with Crippen LogP contribution in [0.15, 0.2) is 30.5 Å². The molecule has 0 saturated carbocycles. The summed E-state index contributed by atoms with van der Waals surface area (Å²) < 4.78 is 27.8. The lowest BCUT2D eigenvalue weighted by atomic mass is 10.1. The summed E-state index contributed by atoms with van der Waals surface area (Å²) in [4.78, 5) is 27.3. The van der Waals surface area contributed by atoms with E-state index in [4.69, 9.17) is 27.9 Å². The minimum Gasteiger partial charge on any atom is -0.378 e. The fourth-order valence-corrected chi connectivity index (χ4v) is 6.14. The van der Waals surface area contributed by atoms with Crippen LogP contribution in [0.25, 0.3) is 11.0 Å². The maximum atomic E-state index is 9.57. The van der Waals surface area contributed by atoms with Crippen molar-refractivity contribution in [3.63, 3.8) is 0 Å². The molecular weight excluding hydrogens is 520 g/mol. The molecule has 12 nitrogen and oxygen atoms in total. The van der Waals surface area contributed by atoms with E-state index >= 15 is 0 Å². The number of hydrogen-bond acceptors (Lipinski definition) is 12. The average molecular weight is 561 g/mol. The Bertz CT molecular complexity index is 1530. The highest BCUT2D eigenvalue weighted by molar-refractivity contribution is 5.92. The fourth-order valence-electron chi connectivity index (χ4n) is 6.14. The molecule has 0 spiro atoms. The minimum atomic E-state index is -0.235. The third kappa shape index (κ3) is 5.76. The van der Waals surface area contributed by atoms with Crippen LogP contribution < -0.4 is 20.4 Å². The maximum absolute atomic E-state index is 9.57. The molecule has 2 aromatic heterocycles. The van der Waals surface area contributed by atoms with Crippen molar-refractivity contribution in [2.75, 3.05) is 80.7 Å². The standard InChI is InChI=1S/C29H38N10O2/c1-19-12-26(39-17-23(31)25(18-39)40-3)35-29(34-19)37-10-8-36(9-11-37)15-22-16-38(14-20(2)41-22)24-5-4-21(13-30)27-28(24)33-7-6-32-27/h4-7,12,20,22-23,25H,8-11,14-18,31H2,1-3H3/t20-,22+,23+,25+/m1/s1/i6D,7D. The highest BCUT2D eigenvalue weighted by Gasteiger charge is 2.33. The Morgan fingerprint density at radius 1 is 1.05 bits per heavy atom. The van der Waals surface area contributed by atoms with Gasteiger partial charge in [0.25, 0.3) is 0 Å². The summed E-state index contributed by atoms with van der Waals surface area (Å²) in [5.74, 6) is 1.64. The number of piperazine rings is 1. The summed E-state index contributed by atoms with van der Waals surface area (Å²) in [6, 6.07) is 7.70. The summed E-state index contributed by atoms with van der Waals surface area (Å²) >= 11 is 0. The Morgan fingerprint density at radius 2 is 1.83 bits per heavy atom. The number of rotatable bonds is 6. The first-order chi connectivity index (χ1) is 20.7. The Labute approximate surface area is 243 Å². The predicted molar refractivity (Wildman–Crippen MR) is 157 cm³/mol. The second-order valence-corrected chi connectivity index (χ2v) is 11.2. The molecular formula is C29H38N10O2. The highest BCUT2D eigenvalue weighted by atomic mass is 16.5. The summed E-state index contributed by atoms with van der Waals surface area (Å²) in [7, 11) is 1.70. The van der Waals surface area contributed by atoms with Gasteiger partial charge >= 0.3 is 0 Å². The number of aromatic nitrogens is 4. The zero-order valence-corrected chi connectivity index (χ0v) is 23.8. The molecule has 3 aliphatic rings. The van der Waals surface area contributed by atoms with Crippen LogP contribution in [0.4, 0.5) is 17.5 Å². The number of hydrogen-bond donors (Lipinski definition) is 1. The van der Waals surface area contributed by atoms with Crippen LogP contribution in [0, 0.1) is 18.3 Å². The first kappa shape index (κ1) is 25.1. The maximum Gasteiger partial charge on any atom is 0.227 e. The van der Waals surface area contributed by atoms with Gasteiger partial charge in [0, 0.05) is 90.1 Å². The molecule has 4 atom stereocenters. The van der Waals surface area contributed by atoms with Gasteiger partial charge in [0.05, 0.1) is 38.3 Å². The van der Waals surface area contributed by atoms with E-state index in [0.717, 1.165) is 62.4 Å². The Kier molecular flexibility index (Phi) is 7.16. The molecule has 3 fully saturated rings. The second kappa shape index (κ2) is 11.7. The van der Waals surface area contributed by atoms with Crippen LogP contribution in [0.5, 0.6) is 0 Å². The highest BCUT2D eigenvalue weighted by Crippen LogP contribution is 2.29. The number of nitriles is 1. The number of morpholine rings is 1. The molecule has 3 aliphatic heterocycles. The number of methoxy groups -OCH3 is 1. The zero-order chi connectivity index (χ0) is 30.2. The van der Waals surface area contributed by atoms with Gasteiger partial charge in [0.15, 0.2) is 0 Å². The van der Waals surface area contributed by atoms with Gasteiger partial charge < -0.3 is 29.9 Å². The monoisotopic (exact) mass is 560 g/mol. The molecule has 0 bridgehead atoms. The molecule has 1 aromatic carbocycles. The van der Waals surface area contributed by atoms with Gasteiger partial charge in [-0.2, -0.15) is 10.2 Å². The average Bonchev–Trinajstić information content (AvgIpc) is 3.37. The lowest BCUT2D eigenvalue weighted by Gasteiger charge is -2.42. The van der Waals surface area contributed by atoms with Crippen molar-refractivity contribution in [1.82, 2.24) is 24.8 Å². The summed E-state index contributed by atoms with van der Waals surface area (Å²) in [6.07, 6.45) is -0.485. The summed E-state index contributed by atoms with van der Waals surface area (Å²) in [6.45, 7) is 10.9. The third-order valence-electron chi connectivity index (χ3n) is 8.18. The van der Waals surface area contributed by atoms with Crippen LogP contribution in [0.1, 0.15) is 20.9 Å². The van der Waals surface area contributed by atoms with Crippen LogP contribution in [0.2, 0.25) is 0 Å². The number of aryl methyl sites for hydroxylation is 1. The largest absolute Gasteiger partial charge is 0.378 e. The molecule has 216 valence electrons. The van der Waals surface area contributed by atoms with Gasteiger partial charge in [0.2, 0.25) is 5.95 Å². The van der Waals surface area contributed by atoms with Crippen LogP contribution in [0.3, 0.4) is 0 Å². The molecule has 41 heavy (non-hydrogen) atoms. The molecule has 3 aromatic rings. The van der Waals surface area contributed by atoms with Crippen molar-refractivity contribution in [2.45, 2.75) is 38.2 Å². The SMILES string of the molecule is [2H]c1nc2c(C#N)ccc(N3C[C@H](CN4CCN(c5nc(C)cc(N6C[C@H](OC)[C@@H](N)C6)n5)CC4)O[C@H](C)C3)c2nc1[2H]. The van der Waals surface area contributed by atoms with Crippen LogP contribution in [-0.4, -0.2) is 115 Å². The number of ether oxygens (including phenoxy) is 2. The molecule has 0 aliphatic carbocycles. The van der Waals surface area contributed by atoms with Crippen LogP contribution in [-0.2, 0) is 9.47 Å². The topological polar surface area (TPSA) is 133 Å². The van der Waals surface area contributed by atoms with Gasteiger partial charge in [0.1, 0.15) is 22.9 Å². The fraction of sp³-hybridized carbons (Fsp3) is 0.552. The Hall–Kier alpha value is -3.63. The van der Waals surface area contributed by atoms with Crippen molar-refractivity contribution >= 4 is 28.5 Å². The molecule has 6 rings (SSSR count). The lowest BCUT2D eigenvalue weighted by molar-refractivity contribution is -0.0327. The van der Waals surface area contributed by atoms with E-state index < -0.39 is 0 Å². The zero-order valence-electron chi connectivity index (χ0n) is 25.8. The van der Waals surface area contributed by atoms with Gasteiger partial charge in [-0.3, -0.25) is 14.9 Å². The van der Waals surface area contributed by atoms with Crippen molar-refractivity contribution in [2.24, 2.45) is 5.73 Å². The van der Waals surface area contributed by atoms with E-state index in [1.54, 1.807) is 13.2 Å². The first-order valence-corrected chi connectivity index (χ1v) is 14.2. The number of nitrogens with two attached hydrogens (primary N) is 1. The van der Waals surface area contributed by atoms with Crippen molar-refractivity contribution in [3.05, 3.63) is 41.8 Å². The summed E-state index contributed by atoms with van der Waals surface area (Å²) in [5.41, 5.74) is 9.18. The number of fused-ring (bicyclic) bond motifs is 1. The Balaban J connectivity index is 1.11. The molecule has 0 amide bonds. The van der Waals surface area contributed by atoms with E-state index in [1.807, 2.05) is 19.1 Å². The minimum absolute atomic E-state index is 0.00211. The number of benzene rings is 1. The van der Waals surface area contributed by atoms with E-state index in [9.17, 15) is 5.26 Å². The first-order valence-electron chi connectivity index (χ1n) is 15.2. The molecule has 3 saturated heterocycles. The van der Waals surface area contributed by atoms with Crippen LogP contribution >= 0.6 is 0 Å².